The van der Waals surface area contributed by atoms with Gasteiger partial charge in [-0.2, -0.15) is 5.10 Å². The van der Waals surface area contributed by atoms with E-state index in [1.165, 1.54) is 0 Å². The summed E-state index contributed by atoms with van der Waals surface area (Å²) in [6, 6.07) is 12.2. The Morgan fingerprint density at radius 1 is 1.12 bits per heavy atom. The van der Waals surface area contributed by atoms with Gasteiger partial charge < -0.3 is 10.1 Å². The molecule has 0 aliphatic carbocycles. The standard InChI is InChI=1S/C20H23N3O2/c1-12-11-18(24)22-23-19(12)15-5-7-16(8-6-15)21-17-9-13(2)20(25-4)14(3)10-17/h5-10,12,21H,11H2,1-4H3,(H,22,24)/t12-/m1/s1. The maximum atomic E-state index is 11.4. The summed E-state index contributed by atoms with van der Waals surface area (Å²) in [7, 11) is 1.69. The molecule has 5 heteroatoms. The summed E-state index contributed by atoms with van der Waals surface area (Å²) in [4.78, 5) is 11.4. The lowest BCUT2D eigenvalue weighted by Gasteiger charge is -2.19. The van der Waals surface area contributed by atoms with E-state index in [-0.39, 0.29) is 11.8 Å². The van der Waals surface area contributed by atoms with Crippen molar-refractivity contribution in [2.75, 3.05) is 12.4 Å². The van der Waals surface area contributed by atoms with Gasteiger partial charge in [-0.3, -0.25) is 4.79 Å². The van der Waals surface area contributed by atoms with Gasteiger partial charge in [0.15, 0.2) is 0 Å². The molecule has 1 heterocycles. The molecule has 1 aliphatic heterocycles. The largest absolute Gasteiger partial charge is 0.496 e. The molecule has 25 heavy (non-hydrogen) atoms. The third-order valence-corrected chi connectivity index (χ3v) is 4.39. The zero-order valence-electron chi connectivity index (χ0n) is 15.0. The molecule has 0 unspecified atom stereocenters. The molecule has 1 aliphatic rings. The number of hydrogen-bond donors (Lipinski definition) is 2. The average Bonchev–Trinajstić information content (AvgIpc) is 2.56. The van der Waals surface area contributed by atoms with E-state index < -0.39 is 0 Å². The number of methoxy groups -OCH3 is 1. The van der Waals surface area contributed by atoms with E-state index in [9.17, 15) is 4.79 Å². The van der Waals surface area contributed by atoms with Gasteiger partial charge in [-0.15, -0.1) is 0 Å². The molecule has 5 nitrogen and oxygen atoms in total. The number of benzene rings is 2. The predicted molar refractivity (Wildman–Crippen MR) is 101 cm³/mol. The van der Waals surface area contributed by atoms with Gasteiger partial charge in [-0.05, 0) is 54.8 Å². The van der Waals surface area contributed by atoms with Crippen molar-refractivity contribution in [3.63, 3.8) is 0 Å². The number of aryl methyl sites for hydroxylation is 2. The topological polar surface area (TPSA) is 62.7 Å². The van der Waals surface area contributed by atoms with Crippen LogP contribution in [0, 0.1) is 19.8 Å². The van der Waals surface area contributed by atoms with E-state index in [2.05, 4.69) is 28.0 Å². The normalized spacial score (nSPS) is 16.9. The van der Waals surface area contributed by atoms with Crippen LogP contribution in [0.1, 0.15) is 30.0 Å². The molecular formula is C20H23N3O2. The Morgan fingerprint density at radius 3 is 2.32 bits per heavy atom. The molecule has 0 saturated carbocycles. The third-order valence-electron chi connectivity index (χ3n) is 4.39. The predicted octanol–water partition coefficient (Wildman–Crippen LogP) is 3.92. The zero-order chi connectivity index (χ0) is 18.0. The molecule has 0 spiro atoms. The molecule has 2 aromatic carbocycles. The number of nitrogens with zero attached hydrogens (tertiary/aromatic N) is 1. The summed E-state index contributed by atoms with van der Waals surface area (Å²) >= 11 is 0. The maximum Gasteiger partial charge on any atom is 0.240 e. The average molecular weight is 337 g/mol. The van der Waals surface area contributed by atoms with Crippen molar-refractivity contribution in [2.45, 2.75) is 27.2 Å². The van der Waals surface area contributed by atoms with E-state index in [0.29, 0.717) is 6.42 Å². The minimum absolute atomic E-state index is 0.0280. The summed E-state index contributed by atoms with van der Waals surface area (Å²) in [6.07, 6.45) is 0.475. The second-order valence-corrected chi connectivity index (χ2v) is 6.48. The molecule has 0 bridgehead atoms. The molecule has 2 N–H and O–H groups in total. The minimum atomic E-state index is -0.0280. The molecule has 0 saturated heterocycles. The summed E-state index contributed by atoms with van der Waals surface area (Å²) < 4.78 is 5.41. The van der Waals surface area contributed by atoms with Crippen molar-refractivity contribution in [1.29, 1.82) is 0 Å². The van der Waals surface area contributed by atoms with Gasteiger partial charge in [0, 0.05) is 23.7 Å². The molecule has 2 aromatic rings. The van der Waals surface area contributed by atoms with Gasteiger partial charge in [-0.1, -0.05) is 19.1 Å². The first-order valence-corrected chi connectivity index (χ1v) is 8.37. The van der Waals surface area contributed by atoms with Crippen LogP contribution in [-0.2, 0) is 4.79 Å². The third kappa shape index (κ3) is 3.65. The van der Waals surface area contributed by atoms with E-state index in [0.717, 1.165) is 39.5 Å². The van der Waals surface area contributed by atoms with Gasteiger partial charge in [0.1, 0.15) is 5.75 Å². The molecule has 130 valence electrons. The lowest BCUT2D eigenvalue weighted by molar-refractivity contribution is -0.121. The number of ether oxygens (including phenoxy) is 1. The van der Waals surface area contributed by atoms with E-state index >= 15 is 0 Å². The van der Waals surface area contributed by atoms with Gasteiger partial charge >= 0.3 is 0 Å². The number of hydrogen-bond acceptors (Lipinski definition) is 4. The Labute approximate surface area is 148 Å². The van der Waals surface area contributed by atoms with Crippen LogP contribution >= 0.6 is 0 Å². The highest BCUT2D eigenvalue weighted by atomic mass is 16.5. The van der Waals surface area contributed by atoms with Crippen LogP contribution in [0.3, 0.4) is 0 Å². The summed E-state index contributed by atoms with van der Waals surface area (Å²) in [5.74, 6) is 1.02. The van der Waals surface area contributed by atoms with Crippen LogP contribution in [-0.4, -0.2) is 18.7 Å². The van der Waals surface area contributed by atoms with Gasteiger partial charge in [-0.25, -0.2) is 5.43 Å². The lowest BCUT2D eigenvalue weighted by Crippen LogP contribution is -2.31. The fraction of sp³-hybridized carbons (Fsp3) is 0.300. The SMILES string of the molecule is COc1c(C)cc(Nc2ccc(C3=NNC(=O)C[C@H]3C)cc2)cc1C. The number of amides is 1. The van der Waals surface area contributed by atoms with Crippen LogP contribution in [0.25, 0.3) is 0 Å². The van der Waals surface area contributed by atoms with Gasteiger partial charge in [0.05, 0.1) is 12.8 Å². The molecular weight excluding hydrogens is 314 g/mol. The maximum absolute atomic E-state index is 11.4. The van der Waals surface area contributed by atoms with Crippen LogP contribution in [0.5, 0.6) is 5.75 Å². The Bertz CT molecular complexity index is 802. The van der Waals surface area contributed by atoms with Crippen LogP contribution in [0.2, 0.25) is 0 Å². The highest BCUT2D eigenvalue weighted by Gasteiger charge is 2.21. The summed E-state index contributed by atoms with van der Waals surface area (Å²) in [5, 5.41) is 7.62. The van der Waals surface area contributed by atoms with E-state index in [1.807, 2.05) is 45.0 Å². The van der Waals surface area contributed by atoms with Crippen molar-refractivity contribution in [2.24, 2.45) is 11.0 Å². The van der Waals surface area contributed by atoms with Crippen molar-refractivity contribution in [1.82, 2.24) is 5.43 Å². The lowest BCUT2D eigenvalue weighted by atomic mass is 9.94. The number of rotatable bonds is 4. The number of nitrogens with one attached hydrogen (secondary N) is 2. The van der Waals surface area contributed by atoms with Crippen LogP contribution in [0.15, 0.2) is 41.5 Å². The minimum Gasteiger partial charge on any atom is -0.496 e. The quantitative estimate of drug-likeness (QED) is 0.889. The fourth-order valence-corrected chi connectivity index (χ4v) is 3.24. The first kappa shape index (κ1) is 17.0. The van der Waals surface area contributed by atoms with Gasteiger partial charge in [0.2, 0.25) is 5.91 Å². The second-order valence-electron chi connectivity index (χ2n) is 6.48. The van der Waals surface area contributed by atoms with Gasteiger partial charge in [0.25, 0.3) is 0 Å². The van der Waals surface area contributed by atoms with Crippen molar-refractivity contribution in [3.05, 3.63) is 53.1 Å². The van der Waals surface area contributed by atoms with Crippen LogP contribution < -0.4 is 15.5 Å². The summed E-state index contributed by atoms with van der Waals surface area (Å²) in [6.45, 7) is 6.10. The Hall–Kier alpha value is -2.82. The number of carbonyl (C=O) groups excluding carboxylic acids is 1. The molecule has 0 aromatic heterocycles. The zero-order valence-corrected chi connectivity index (χ0v) is 15.0. The summed E-state index contributed by atoms with van der Waals surface area (Å²) in [5.41, 5.74) is 8.73. The van der Waals surface area contributed by atoms with E-state index in [4.69, 9.17) is 4.74 Å². The molecule has 1 amide bonds. The Kier molecular flexibility index (Phi) is 4.74. The molecule has 3 rings (SSSR count). The second kappa shape index (κ2) is 6.97. The monoisotopic (exact) mass is 337 g/mol. The number of anilines is 2. The van der Waals surface area contributed by atoms with Crippen LogP contribution in [0.4, 0.5) is 11.4 Å². The smallest absolute Gasteiger partial charge is 0.240 e. The molecule has 0 radical (unpaired) electrons. The molecule has 1 atom stereocenters. The van der Waals surface area contributed by atoms with Crippen molar-refractivity contribution >= 4 is 23.0 Å². The first-order chi connectivity index (χ1) is 12.0. The number of hydrazone groups is 1. The van der Waals surface area contributed by atoms with Crippen molar-refractivity contribution < 1.29 is 9.53 Å². The highest BCUT2D eigenvalue weighted by Crippen LogP contribution is 2.29. The highest BCUT2D eigenvalue weighted by molar-refractivity contribution is 6.05. The number of carbonyl (C=O) groups is 1. The first-order valence-electron chi connectivity index (χ1n) is 8.37. The molecule has 0 fully saturated rings. The fourth-order valence-electron chi connectivity index (χ4n) is 3.24. The van der Waals surface area contributed by atoms with E-state index in [1.54, 1.807) is 7.11 Å². The Morgan fingerprint density at radius 2 is 1.76 bits per heavy atom. The Balaban J connectivity index is 1.78. The van der Waals surface area contributed by atoms with Crippen molar-refractivity contribution in [3.8, 4) is 5.75 Å².